The first-order valence-corrected chi connectivity index (χ1v) is 9.59. The van der Waals surface area contributed by atoms with Gasteiger partial charge < -0.3 is 14.7 Å². The molecule has 1 aliphatic heterocycles. The number of pyridine rings is 1. The minimum Gasteiger partial charge on any atom is -0.350 e. The predicted molar refractivity (Wildman–Crippen MR) is 109 cm³/mol. The van der Waals surface area contributed by atoms with Gasteiger partial charge in [0.05, 0.1) is 45.3 Å². The van der Waals surface area contributed by atoms with Crippen molar-refractivity contribution >= 4 is 22.6 Å². The van der Waals surface area contributed by atoms with Gasteiger partial charge in [-0.15, -0.1) is 0 Å². The number of fused-ring (bicyclic) bond motifs is 1. The number of carbonyl (C=O) groups is 1. The summed E-state index contributed by atoms with van der Waals surface area (Å²) in [7, 11) is 4.09. The molecule has 1 amide bonds. The van der Waals surface area contributed by atoms with Crippen LogP contribution in [0.4, 0.5) is 5.82 Å². The van der Waals surface area contributed by atoms with Crippen LogP contribution in [0.1, 0.15) is 0 Å². The Morgan fingerprint density at radius 3 is 2.68 bits per heavy atom. The summed E-state index contributed by atoms with van der Waals surface area (Å²) in [5.74, 6) is 1.52. The van der Waals surface area contributed by atoms with Crippen LogP contribution in [-0.2, 0) is 4.79 Å². The molecule has 28 heavy (non-hydrogen) atoms. The van der Waals surface area contributed by atoms with Crippen molar-refractivity contribution in [2.24, 2.45) is 0 Å². The van der Waals surface area contributed by atoms with Crippen molar-refractivity contribution < 1.29 is 9.69 Å². The Kier molecular flexibility index (Phi) is 5.16. The lowest BCUT2D eigenvalue weighted by Gasteiger charge is -2.31. The number of nitrogens with one attached hydrogen (secondary N) is 1. The molecule has 7 heteroatoms. The third kappa shape index (κ3) is 3.80. The number of likely N-dealkylation sites (N-methyl/N-ethyl adjacent to an activating group) is 2. The summed E-state index contributed by atoms with van der Waals surface area (Å²) < 4.78 is 0. The highest BCUT2D eigenvalue weighted by Crippen LogP contribution is 2.26. The zero-order valence-electron chi connectivity index (χ0n) is 16.3. The quantitative estimate of drug-likeness (QED) is 0.717. The van der Waals surface area contributed by atoms with Crippen molar-refractivity contribution in [3.05, 3.63) is 48.8 Å². The number of aromatic nitrogens is 3. The Labute approximate surface area is 164 Å². The molecule has 0 radical (unpaired) electrons. The summed E-state index contributed by atoms with van der Waals surface area (Å²) in [5.41, 5.74) is 1.71. The van der Waals surface area contributed by atoms with Crippen LogP contribution in [0.15, 0.2) is 48.8 Å². The number of amides is 1. The van der Waals surface area contributed by atoms with E-state index in [-0.39, 0.29) is 5.91 Å². The van der Waals surface area contributed by atoms with Crippen LogP contribution in [0.3, 0.4) is 0 Å². The molecule has 4 rings (SSSR count). The highest BCUT2D eigenvalue weighted by molar-refractivity contribution is 5.92. The molecule has 0 spiro atoms. The summed E-state index contributed by atoms with van der Waals surface area (Å²) in [6.45, 7) is 3.91. The number of para-hydroxylation sites is 1. The van der Waals surface area contributed by atoms with Crippen LogP contribution >= 0.6 is 0 Å². The van der Waals surface area contributed by atoms with Gasteiger partial charge in [-0.25, -0.2) is 9.97 Å². The fourth-order valence-electron chi connectivity index (χ4n) is 3.49. The average molecular weight is 377 g/mol. The summed E-state index contributed by atoms with van der Waals surface area (Å²) in [4.78, 5) is 31.8. The second-order valence-electron chi connectivity index (χ2n) is 7.32. The lowest BCUT2D eigenvalue weighted by molar-refractivity contribution is -0.883. The van der Waals surface area contributed by atoms with Crippen molar-refractivity contribution in [2.75, 3.05) is 51.7 Å². The molecular formula is C21H25N6O+. The molecule has 0 aliphatic carbocycles. The number of hydrogen-bond acceptors (Lipinski definition) is 5. The molecule has 0 bridgehead atoms. The fourth-order valence-corrected chi connectivity index (χ4v) is 3.49. The van der Waals surface area contributed by atoms with Crippen molar-refractivity contribution in [3.8, 4) is 11.4 Å². The number of carbonyl (C=O) groups excluding carboxylic acids is 1. The van der Waals surface area contributed by atoms with E-state index in [9.17, 15) is 4.79 Å². The van der Waals surface area contributed by atoms with Gasteiger partial charge in [0.1, 0.15) is 5.82 Å². The lowest BCUT2D eigenvalue weighted by Crippen LogP contribution is -3.12. The van der Waals surface area contributed by atoms with Crippen molar-refractivity contribution in [2.45, 2.75) is 0 Å². The van der Waals surface area contributed by atoms with Crippen molar-refractivity contribution in [3.63, 3.8) is 0 Å². The second-order valence-corrected chi connectivity index (χ2v) is 7.32. The molecule has 1 fully saturated rings. The molecular weight excluding hydrogens is 352 g/mol. The summed E-state index contributed by atoms with van der Waals surface area (Å²) >= 11 is 0. The maximum Gasteiger partial charge on any atom is 0.242 e. The number of benzene rings is 1. The number of anilines is 1. The van der Waals surface area contributed by atoms with E-state index in [1.807, 2.05) is 53.2 Å². The number of rotatable bonds is 4. The minimum absolute atomic E-state index is 0.139. The van der Waals surface area contributed by atoms with Crippen LogP contribution in [-0.4, -0.2) is 72.6 Å². The lowest BCUT2D eigenvalue weighted by atomic mass is 10.2. The fraction of sp³-hybridized carbons (Fsp3) is 0.333. The Morgan fingerprint density at radius 2 is 1.93 bits per heavy atom. The van der Waals surface area contributed by atoms with E-state index in [0.717, 1.165) is 48.5 Å². The van der Waals surface area contributed by atoms with E-state index in [0.29, 0.717) is 12.4 Å². The molecule has 0 atom stereocenters. The SMILES string of the molecule is CN(CC(=O)N1CC[NH+](C)CC1)c1nc(-c2cccnc2)nc2ccccc12. The van der Waals surface area contributed by atoms with E-state index in [1.165, 1.54) is 4.90 Å². The number of nitrogens with zero attached hydrogens (tertiary/aromatic N) is 5. The Balaban J connectivity index is 1.64. The average Bonchev–Trinajstić information content (AvgIpc) is 2.74. The Bertz CT molecular complexity index is 969. The van der Waals surface area contributed by atoms with Crippen LogP contribution in [0.25, 0.3) is 22.3 Å². The molecule has 1 saturated heterocycles. The highest BCUT2D eigenvalue weighted by atomic mass is 16.2. The van der Waals surface area contributed by atoms with Gasteiger partial charge >= 0.3 is 0 Å². The molecule has 1 aliphatic rings. The molecule has 1 aromatic carbocycles. The third-order valence-corrected chi connectivity index (χ3v) is 5.21. The monoisotopic (exact) mass is 377 g/mol. The highest BCUT2D eigenvalue weighted by Gasteiger charge is 2.23. The maximum absolute atomic E-state index is 12.8. The van der Waals surface area contributed by atoms with E-state index in [2.05, 4.69) is 17.0 Å². The van der Waals surface area contributed by atoms with Crippen molar-refractivity contribution in [1.82, 2.24) is 19.9 Å². The topological polar surface area (TPSA) is 66.7 Å². The van der Waals surface area contributed by atoms with Crippen LogP contribution < -0.4 is 9.80 Å². The van der Waals surface area contributed by atoms with E-state index >= 15 is 0 Å². The standard InChI is InChI=1S/C21H24N6O/c1-25-10-12-27(13-11-25)19(28)15-26(2)21-17-7-3-4-8-18(17)23-20(24-21)16-6-5-9-22-14-16/h3-9,14H,10-13,15H2,1-2H3/p+1. The molecule has 3 heterocycles. The van der Waals surface area contributed by atoms with E-state index < -0.39 is 0 Å². The molecule has 7 nitrogen and oxygen atoms in total. The Morgan fingerprint density at radius 1 is 1.14 bits per heavy atom. The molecule has 2 aromatic heterocycles. The van der Waals surface area contributed by atoms with Crippen molar-refractivity contribution in [1.29, 1.82) is 0 Å². The zero-order valence-corrected chi connectivity index (χ0v) is 16.3. The molecule has 3 aromatic rings. The summed E-state index contributed by atoms with van der Waals surface area (Å²) in [5, 5.41) is 0.938. The first-order valence-electron chi connectivity index (χ1n) is 9.59. The number of quaternary nitrogens is 1. The first kappa shape index (κ1) is 18.3. The maximum atomic E-state index is 12.8. The van der Waals surface area contributed by atoms with Gasteiger partial charge in [-0.3, -0.25) is 9.78 Å². The van der Waals surface area contributed by atoms with Crippen LogP contribution in [0.2, 0.25) is 0 Å². The van der Waals surface area contributed by atoms with Gasteiger partial charge in [-0.1, -0.05) is 12.1 Å². The number of hydrogen-bond donors (Lipinski definition) is 1. The second kappa shape index (κ2) is 7.90. The summed E-state index contributed by atoms with van der Waals surface area (Å²) in [6, 6.07) is 11.7. The largest absolute Gasteiger partial charge is 0.350 e. The first-order chi connectivity index (χ1) is 13.6. The molecule has 0 unspecified atom stereocenters. The van der Waals surface area contributed by atoms with E-state index in [1.54, 1.807) is 12.4 Å². The smallest absolute Gasteiger partial charge is 0.242 e. The van der Waals surface area contributed by atoms with Gasteiger partial charge in [0.25, 0.3) is 0 Å². The zero-order chi connectivity index (χ0) is 19.5. The molecule has 0 saturated carbocycles. The molecule has 144 valence electrons. The number of piperazine rings is 1. The van der Waals surface area contributed by atoms with Crippen LogP contribution in [0, 0.1) is 0 Å². The van der Waals surface area contributed by atoms with Gasteiger partial charge in [0, 0.05) is 30.4 Å². The summed E-state index contributed by atoms with van der Waals surface area (Å²) in [6.07, 6.45) is 3.49. The van der Waals surface area contributed by atoms with E-state index in [4.69, 9.17) is 4.98 Å². The minimum atomic E-state index is 0.139. The Hall–Kier alpha value is -3.06. The third-order valence-electron chi connectivity index (χ3n) is 5.21. The van der Waals surface area contributed by atoms with Gasteiger partial charge in [0.2, 0.25) is 5.91 Å². The van der Waals surface area contributed by atoms with Gasteiger partial charge in [-0.05, 0) is 24.3 Å². The molecule has 1 N–H and O–H groups in total. The normalized spacial score (nSPS) is 15.0. The van der Waals surface area contributed by atoms with Crippen LogP contribution in [0.5, 0.6) is 0 Å². The predicted octanol–water partition coefficient (Wildman–Crippen LogP) is 0.485. The van der Waals surface area contributed by atoms with Gasteiger partial charge in [0.15, 0.2) is 5.82 Å². The van der Waals surface area contributed by atoms with Gasteiger partial charge in [-0.2, -0.15) is 0 Å².